The lowest BCUT2D eigenvalue weighted by Crippen LogP contribution is -2.12. The van der Waals surface area contributed by atoms with E-state index in [4.69, 9.17) is 4.74 Å². The van der Waals surface area contributed by atoms with Crippen molar-refractivity contribution in [3.05, 3.63) is 25.6 Å². The van der Waals surface area contributed by atoms with E-state index in [0.717, 1.165) is 19.1 Å². The number of nitrogens with one attached hydrogen (secondary N) is 1. The lowest BCUT2D eigenvalue weighted by Gasteiger charge is -2.10. The summed E-state index contributed by atoms with van der Waals surface area (Å²) in [6.45, 7) is 1.36. The molecule has 15 heavy (non-hydrogen) atoms. The van der Waals surface area contributed by atoms with Crippen LogP contribution in [0.3, 0.4) is 0 Å². The molecule has 1 aromatic carbocycles. The summed E-state index contributed by atoms with van der Waals surface area (Å²) in [5.74, 6) is 0. The first kappa shape index (κ1) is 11.4. The molecule has 80 valence electrons. The predicted molar refractivity (Wildman–Crippen MR) is 71.4 cm³/mol. The van der Waals surface area contributed by atoms with Gasteiger partial charge in [-0.1, -0.05) is 15.9 Å². The largest absolute Gasteiger partial charge is 0.463 e. The molecule has 0 unspecified atom stereocenters. The lowest BCUT2D eigenvalue weighted by atomic mass is 10.3. The number of nitrogens with zero attached hydrogens (tertiary/aromatic N) is 1. The van der Waals surface area contributed by atoms with Crippen molar-refractivity contribution in [2.45, 2.75) is 0 Å². The van der Waals surface area contributed by atoms with Gasteiger partial charge >= 0.3 is 0 Å². The molecule has 0 bridgehead atoms. The smallest absolute Gasteiger partial charge is 0.289 e. The van der Waals surface area contributed by atoms with Gasteiger partial charge in [-0.15, -0.1) is 0 Å². The van der Waals surface area contributed by atoms with Gasteiger partial charge in [-0.3, -0.25) is 0 Å². The minimum Gasteiger partial charge on any atom is -0.463 e. The minimum absolute atomic E-state index is 0.568. The molecule has 0 radical (unpaired) electrons. The highest BCUT2D eigenvalue weighted by Gasteiger charge is 2.12. The molecule has 0 aromatic heterocycles. The Labute approximate surface area is 113 Å². The van der Waals surface area contributed by atoms with Crippen LogP contribution in [0.5, 0.6) is 0 Å². The monoisotopic (exact) mass is 396 g/mol. The third kappa shape index (κ3) is 2.73. The summed E-state index contributed by atoms with van der Waals surface area (Å²) in [4.78, 5) is 4.17. The molecule has 1 aliphatic heterocycles. The van der Waals surface area contributed by atoms with Gasteiger partial charge in [-0.2, -0.15) is 0 Å². The molecule has 0 amide bonds. The van der Waals surface area contributed by atoms with Crippen LogP contribution in [0.15, 0.2) is 30.5 Å². The highest BCUT2D eigenvalue weighted by atomic mass is 79.9. The van der Waals surface area contributed by atoms with E-state index in [2.05, 4.69) is 58.1 Å². The number of rotatable bonds is 1. The standard InChI is InChI=1S/C9H7Br3N2O/c10-5-3-6(11)8(7(12)4-5)14-9-13-1-2-15-9/h3-4H,1-2H2,(H,13,14). The molecule has 1 heterocycles. The Kier molecular flexibility index (Phi) is 3.69. The molecule has 0 aliphatic carbocycles. The van der Waals surface area contributed by atoms with Crippen molar-refractivity contribution in [3.63, 3.8) is 0 Å². The van der Waals surface area contributed by atoms with Crippen LogP contribution in [0.4, 0.5) is 5.69 Å². The zero-order valence-electron chi connectivity index (χ0n) is 7.56. The van der Waals surface area contributed by atoms with E-state index in [-0.39, 0.29) is 0 Å². The fourth-order valence-corrected chi connectivity index (χ4v) is 3.64. The first-order valence-corrected chi connectivity index (χ1v) is 6.63. The zero-order valence-corrected chi connectivity index (χ0v) is 12.3. The van der Waals surface area contributed by atoms with Gasteiger partial charge < -0.3 is 10.1 Å². The Hall–Kier alpha value is -0.0700. The second-order valence-electron chi connectivity index (χ2n) is 2.90. The van der Waals surface area contributed by atoms with E-state index in [0.29, 0.717) is 19.2 Å². The van der Waals surface area contributed by atoms with E-state index in [9.17, 15) is 0 Å². The van der Waals surface area contributed by atoms with Gasteiger partial charge in [-0.05, 0) is 44.0 Å². The average Bonchev–Trinajstić information content (AvgIpc) is 2.63. The van der Waals surface area contributed by atoms with E-state index < -0.39 is 0 Å². The summed E-state index contributed by atoms with van der Waals surface area (Å²) in [6, 6.07) is 4.49. The molecule has 1 N–H and O–H groups in total. The topological polar surface area (TPSA) is 33.6 Å². The van der Waals surface area contributed by atoms with Gasteiger partial charge in [0.25, 0.3) is 6.02 Å². The first-order chi connectivity index (χ1) is 7.16. The van der Waals surface area contributed by atoms with Crippen LogP contribution in [0.1, 0.15) is 0 Å². The Morgan fingerprint density at radius 1 is 1.20 bits per heavy atom. The average molecular weight is 399 g/mol. The third-order valence-electron chi connectivity index (χ3n) is 1.82. The molecule has 6 heteroatoms. The Balaban J connectivity index is 2.27. The SMILES string of the molecule is Brc1cc(Br)c(NC2=NCCO2)c(Br)c1. The first-order valence-electron chi connectivity index (χ1n) is 4.25. The van der Waals surface area contributed by atoms with Crippen molar-refractivity contribution < 1.29 is 4.74 Å². The van der Waals surface area contributed by atoms with Crippen LogP contribution in [0.2, 0.25) is 0 Å². The summed E-state index contributed by atoms with van der Waals surface area (Å²) >= 11 is 10.4. The Morgan fingerprint density at radius 3 is 2.40 bits per heavy atom. The number of amidine groups is 1. The van der Waals surface area contributed by atoms with Crippen LogP contribution in [0.25, 0.3) is 0 Å². The van der Waals surface area contributed by atoms with Crippen LogP contribution < -0.4 is 5.32 Å². The molecule has 2 rings (SSSR count). The van der Waals surface area contributed by atoms with Crippen LogP contribution in [-0.4, -0.2) is 19.2 Å². The minimum atomic E-state index is 0.568. The molecular weight excluding hydrogens is 392 g/mol. The molecule has 0 spiro atoms. The second kappa shape index (κ2) is 4.84. The van der Waals surface area contributed by atoms with Crippen molar-refractivity contribution in [2.75, 3.05) is 18.5 Å². The maximum absolute atomic E-state index is 5.28. The summed E-state index contributed by atoms with van der Waals surface area (Å²) in [6.07, 6.45) is 0. The van der Waals surface area contributed by atoms with E-state index in [1.54, 1.807) is 0 Å². The van der Waals surface area contributed by atoms with Crippen molar-refractivity contribution in [1.82, 2.24) is 0 Å². The quantitative estimate of drug-likeness (QED) is 0.781. The van der Waals surface area contributed by atoms with Gasteiger partial charge in [0, 0.05) is 13.4 Å². The van der Waals surface area contributed by atoms with Crippen molar-refractivity contribution in [3.8, 4) is 0 Å². The highest BCUT2D eigenvalue weighted by Crippen LogP contribution is 2.34. The second-order valence-corrected chi connectivity index (χ2v) is 5.53. The molecule has 3 nitrogen and oxygen atoms in total. The fraction of sp³-hybridized carbons (Fsp3) is 0.222. The third-order valence-corrected chi connectivity index (χ3v) is 3.53. The van der Waals surface area contributed by atoms with Crippen molar-refractivity contribution in [1.29, 1.82) is 0 Å². The fourth-order valence-electron chi connectivity index (χ4n) is 1.18. The molecule has 0 saturated carbocycles. The molecule has 0 fully saturated rings. The normalized spacial score (nSPS) is 14.7. The van der Waals surface area contributed by atoms with Gasteiger partial charge in [0.1, 0.15) is 6.61 Å². The van der Waals surface area contributed by atoms with Crippen LogP contribution in [0, 0.1) is 0 Å². The van der Waals surface area contributed by atoms with E-state index in [1.807, 2.05) is 12.1 Å². The number of halogens is 3. The van der Waals surface area contributed by atoms with E-state index >= 15 is 0 Å². The molecular formula is C9H7Br3N2O. The Bertz CT molecular complexity index is 397. The van der Waals surface area contributed by atoms with Gasteiger partial charge in [-0.25, -0.2) is 4.99 Å². The number of hydrogen-bond acceptors (Lipinski definition) is 3. The number of anilines is 1. The highest BCUT2D eigenvalue weighted by molar-refractivity contribution is 9.11. The number of aliphatic imine (C=N–C) groups is 1. The molecule has 1 aliphatic rings. The lowest BCUT2D eigenvalue weighted by molar-refractivity contribution is 0.346. The van der Waals surface area contributed by atoms with Gasteiger partial charge in [0.2, 0.25) is 0 Å². The van der Waals surface area contributed by atoms with Crippen LogP contribution in [-0.2, 0) is 4.74 Å². The van der Waals surface area contributed by atoms with Crippen molar-refractivity contribution in [2.24, 2.45) is 4.99 Å². The van der Waals surface area contributed by atoms with Gasteiger partial charge in [0.05, 0.1) is 12.2 Å². The molecule has 1 aromatic rings. The summed E-state index contributed by atoms with van der Waals surface area (Å²) in [5.41, 5.74) is 0.916. The number of benzene rings is 1. The van der Waals surface area contributed by atoms with Gasteiger partial charge in [0.15, 0.2) is 0 Å². The summed E-state index contributed by atoms with van der Waals surface area (Å²) < 4.78 is 8.18. The van der Waals surface area contributed by atoms with Crippen molar-refractivity contribution >= 4 is 59.5 Å². The Morgan fingerprint density at radius 2 is 1.87 bits per heavy atom. The maximum atomic E-state index is 5.28. The number of ether oxygens (including phenoxy) is 1. The maximum Gasteiger partial charge on any atom is 0.289 e. The summed E-state index contributed by atoms with van der Waals surface area (Å²) in [7, 11) is 0. The van der Waals surface area contributed by atoms with E-state index in [1.165, 1.54) is 0 Å². The molecule has 0 saturated heterocycles. The predicted octanol–water partition coefficient (Wildman–Crippen LogP) is 3.77. The molecule has 0 atom stereocenters. The van der Waals surface area contributed by atoms with Crippen LogP contribution >= 0.6 is 47.8 Å². The zero-order chi connectivity index (χ0) is 10.8. The number of hydrogen-bond donors (Lipinski definition) is 1. The summed E-state index contributed by atoms with van der Waals surface area (Å²) in [5, 5.41) is 3.12.